The Morgan fingerprint density at radius 2 is 2.12 bits per heavy atom. The molecule has 3 aromatic rings. The molecule has 0 saturated heterocycles. The third kappa shape index (κ3) is 3.24. The van der Waals surface area contributed by atoms with Crippen LogP contribution in [0.15, 0.2) is 24.5 Å². The molecule has 2 unspecified atom stereocenters. The normalized spacial score (nSPS) is 18.1. The second-order valence-corrected chi connectivity index (χ2v) is 8.11. The minimum absolute atomic E-state index is 0.0730. The van der Waals surface area contributed by atoms with Gasteiger partial charge in [0.25, 0.3) is 0 Å². The summed E-state index contributed by atoms with van der Waals surface area (Å²) in [5, 5.41) is 4.66. The molecule has 0 radical (unpaired) electrons. The minimum atomic E-state index is 0.0730. The molecule has 0 spiro atoms. The van der Waals surface area contributed by atoms with Crippen molar-refractivity contribution in [3.63, 3.8) is 0 Å². The summed E-state index contributed by atoms with van der Waals surface area (Å²) >= 11 is 1.82. The number of hydrogen-bond acceptors (Lipinski definition) is 6. The SMILES string of the molecule is CC(N)CNc1nc(-c2ccncc2)nc2sc3c(c12)CCC(C)C3. The van der Waals surface area contributed by atoms with E-state index in [-0.39, 0.29) is 6.04 Å². The maximum Gasteiger partial charge on any atom is 0.163 e. The van der Waals surface area contributed by atoms with Crippen molar-refractivity contribution in [1.29, 1.82) is 0 Å². The lowest BCUT2D eigenvalue weighted by molar-refractivity contribution is 0.509. The molecule has 1 aliphatic carbocycles. The highest BCUT2D eigenvalue weighted by molar-refractivity contribution is 7.19. The molecule has 0 bridgehead atoms. The molecule has 2 atom stereocenters. The van der Waals surface area contributed by atoms with E-state index in [1.54, 1.807) is 12.4 Å². The van der Waals surface area contributed by atoms with E-state index in [9.17, 15) is 0 Å². The number of nitrogens with one attached hydrogen (secondary N) is 1. The first-order valence-corrected chi connectivity index (χ1v) is 9.65. The predicted octanol–water partition coefficient (Wildman–Crippen LogP) is 3.64. The van der Waals surface area contributed by atoms with E-state index < -0.39 is 0 Å². The molecule has 5 nitrogen and oxygen atoms in total. The van der Waals surface area contributed by atoms with Gasteiger partial charge in [-0.2, -0.15) is 0 Å². The number of aromatic nitrogens is 3. The summed E-state index contributed by atoms with van der Waals surface area (Å²) in [5.74, 6) is 2.41. The zero-order valence-electron chi connectivity index (χ0n) is 14.6. The zero-order valence-corrected chi connectivity index (χ0v) is 15.4. The van der Waals surface area contributed by atoms with Crippen LogP contribution in [0.2, 0.25) is 0 Å². The van der Waals surface area contributed by atoms with Crippen molar-refractivity contribution >= 4 is 27.4 Å². The molecule has 0 aromatic carbocycles. The average molecular weight is 353 g/mol. The smallest absolute Gasteiger partial charge is 0.163 e. The van der Waals surface area contributed by atoms with Gasteiger partial charge < -0.3 is 11.1 Å². The van der Waals surface area contributed by atoms with Crippen LogP contribution in [0, 0.1) is 5.92 Å². The highest BCUT2D eigenvalue weighted by Gasteiger charge is 2.24. The standard InChI is InChI=1S/C19H23N5S/c1-11-3-4-14-15(9-11)25-19-16(14)18(22-10-12(2)20)23-17(24-19)13-5-7-21-8-6-13/h5-8,11-12H,3-4,9-10,20H2,1-2H3,(H,22,23,24). The van der Waals surface area contributed by atoms with Crippen LogP contribution < -0.4 is 11.1 Å². The van der Waals surface area contributed by atoms with E-state index in [2.05, 4.69) is 17.2 Å². The van der Waals surface area contributed by atoms with Gasteiger partial charge in [0.2, 0.25) is 0 Å². The Bertz CT molecular complexity index is 888. The van der Waals surface area contributed by atoms with Gasteiger partial charge in [-0.3, -0.25) is 4.98 Å². The quantitative estimate of drug-likeness (QED) is 0.749. The number of anilines is 1. The Balaban J connectivity index is 1.87. The highest BCUT2D eigenvalue weighted by atomic mass is 32.1. The van der Waals surface area contributed by atoms with Gasteiger partial charge in [0.1, 0.15) is 10.6 Å². The van der Waals surface area contributed by atoms with Gasteiger partial charge in [0, 0.05) is 35.4 Å². The number of pyridine rings is 1. The molecular formula is C19H23N5S. The molecule has 1 aliphatic rings. The van der Waals surface area contributed by atoms with E-state index in [0.717, 1.165) is 40.8 Å². The number of fused-ring (bicyclic) bond motifs is 3. The van der Waals surface area contributed by atoms with Crippen LogP contribution in [0.3, 0.4) is 0 Å². The molecule has 3 aromatic heterocycles. The minimum Gasteiger partial charge on any atom is -0.368 e. The van der Waals surface area contributed by atoms with Gasteiger partial charge in [-0.25, -0.2) is 9.97 Å². The third-order valence-corrected chi connectivity index (χ3v) is 5.83. The number of aryl methyl sites for hydroxylation is 1. The molecule has 3 N–H and O–H groups in total. The lowest BCUT2D eigenvalue weighted by Gasteiger charge is -2.18. The number of hydrogen-bond donors (Lipinski definition) is 2. The van der Waals surface area contributed by atoms with E-state index >= 15 is 0 Å². The summed E-state index contributed by atoms with van der Waals surface area (Å²) in [6.45, 7) is 5.03. The predicted molar refractivity (Wildman–Crippen MR) is 104 cm³/mol. The number of thiophene rings is 1. The maximum absolute atomic E-state index is 5.95. The molecule has 0 fully saturated rings. The van der Waals surface area contributed by atoms with Gasteiger partial charge >= 0.3 is 0 Å². The number of nitrogens with two attached hydrogens (primary N) is 1. The summed E-state index contributed by atoms with van der Waals surface area (Å²) in [6.07, 6.45) is 7.05. The lowest BCUT2D eigenvalue weighted by atomic mass is 9.89. The van der Waals surface area contributed by atoms with Crippen molar-refractivity contribution in [3.05, 3.63) is 35.0 Å². The largest absolute Gasteiger partial charge is 0.368 e. The summed E-state index contributed by atoms with van der Waals surface area (Å²) in [4.78, 5) is 16.4. The molecule has 4 rings (SSSR count). The molecule has 3 heterocycles. The van der Waals surface area contributed by atoms with Crippen LogP contribution in [-0.4, -0.2) is 27.5 Å². The fourth-order valence-corrected chi connectivity index (χ4v) is 4.74. The Kier molecular flexibility index (Phi) is 4.39. The van der Waals surface area contributed by atoms with Crippen molar-refractivity contribution in [2.24, 2.45) is 11.7 Å². The molecular weight excluding hydrogens is 330 g/mol. The van der Waals surface area contributed by atoms with Crippen LogP contribution >= 0.6 is 11.3 Å². The van der Waals surface area contributed by atoms with Crippen LogP contribution in [0.25, 0.3) is 21.6 Å². The van der Waals surface area contributed by atoms with E-state index in [1.807, 2.05) is 30.4 Å². The van der Waals surface area contributed by atoms with Crippen LogP contribution in [0.1, 0.15) is 30.7 Å². The summed E-state index contributed by atoms with van der Waals surface area (Å²) in [6, 6.07) is 3.97. The first kappa shape index (κ1) is 16.4. The molecule has 130 valence electrons. The van der Waals surface area contributed by atoms with Gasteiger partial charge in [-0.1, -0.05) is 6.92 Å². The molecule has 25 heavy (non-hydrogen) atoms. The molecule has 6 heteroatoms. The van der Waals surface area contributed by atoms with Gasteiger partial charge in [0.05, 0.1) is 5.39 Å². The lowest BCUT2D eigenvalue weighted by Crippen LogP contribution is -2.25. The van der Waals surface area contributed by atoms with Crippen molar-refractivity contribution in [1.82, 2.24) is 15.0 Å². The van der Waals surface area contributed by atoms with Crippen LogP contribution in [0.5, 0.6) is 0 Å². The Morgan fingerprint density at radius 3 is 2.88 bits per heavy atom. The van der Waals surface area contributed by atoms with Crippen molar-refractivity contribution in [3.8, 4) is 11.4 Å². The maximum atomic E-state index is 5.95. The zero-order chi connectivity index (χ0) is 17.4. The highest BCUT2D eigenvalue weighted by Crippen LogP contribution is 2.40. The molecule has 0 saturated carbocycles. The second-order valence-electron chi connectivity index (χ2n) is 7.02. The number of rotatable bonds is 4. The third-order valence-electron chi connectivity index (χ3n) is 4.69. The summed E-state index contributed by atoms with van der Waals surface area (Å²) in [7, 11) is 0. The molecule has 0 amide bonds. The van der Waals surface area contributed by atoms with Crippen LogP contribution in [-0.2, 0) is 12.8 Å². The van der Waals surface area contributed by atoms with Gasteiger partial charge in [0.15, 0.2) is 5.82 Å². The fraction of sp³-hybridized carbons (Fsp3) is 0.421. The topological polar surface area (TPSA) is 76.7 Å². The Labute approximate surface area is 151 Å². The van der Waals surface area contributed by atoms with E-state index in [4.69, 9.17) is 15.7 Å². The Hall–Kier alpha value is -2.05. The van der Waals surface area contributed by atoms with Crippen molar-refractivity contribution in [2.45, 2.75) is 39.2 Å². The monoisotopic (exact) mass is 353 g/mol. The second kappa shape index (κ2) is 6.69. The van der Waals surface area contributed by atoms with E-state index in [1.165, 1.54) is 22.2 Å². The Morgan fingerprint density at radius 1 is 1.32 bits per heavy atom. The number of nitrogens with zero attached hydrogens (tertiary/aromatic N) is 3. The summed E-state index contributed by atoms with van der Waals surface area (Å²) in [5.41, 5.74) is 8.38. The molecule has 0 aliphatic heterocycles. The first-order valence-electron chi connectivity index (χ1n) is 8.84. The van der Waals surface area contributed by atoms with Crippen LogP contribution in [0.4, 0.5) is 5.82 Å². The van der Waals surface area contributed by atoms with Crippen molar-refractivity contribution < 1.29 is 0 Å². The van der Waals surface area contributed by atoms with Crippen molar-refractivity contribution in [2.75, 3.05) is 11.9 Å². The van der Waals surface area contributed by atoms with Gasteiger partial charge in [-0.05, 0) is 49.8 Å². The van der Waals surface area contributed by atoms with Gasteiger partial charge in [-0.15, -0.1) is 11.3 Å². The first-order chi connectivity index (χ1) is 12.1. The summed E-state index contributed by atoms with van der Waals surface area (Å²) < 4.78 is 0. The van der Waals surface area contributed by atoms with E-state index in [0.29, 0.717) is 6.54 Å². The fourth-order valence-electron chi connectivity index (χ4n) is 3.36. The average Bonchev–Trinajstić information content (AvgIpc) is 2.97.